The lowest BCUT2D eigenvalue weighted by Crippen LogP contribution is -2.11. The Morgan fingerprint density at radius 2 is 1.94 bits per heavy atom. The third kappa shape index (κ3) is 2.51. The van der Waals surface area contributed by atoms with Crippen LogP contribution in [0, 0.1) is 0 Å². The molecule has 0 fully saturated rings. The van der Waals surface area contributed by atoms with Gasteiger partial charge in [-0.25, -0.2) is 23.4 Å². The van der Waals surface area contributed by atoms with E-state index in [0.717, 1.165) is 6.26 Å². The van der Waals surface area contributed by atoms with E-state index in [-0.39, 0.29) is 10.9 Å². The van der Waals surface area contributed by atoms with Crippen molar-refractivity contribution in [2.24, 2.45) is 5.73 Å². The standard InChI is InChI=1S/C9H8N4O3S2/c1-18(15,16)9-11-2-5(3-12-9)8-13-6(4-17-8)7(10)14/h2-4H,1H3,(H2,10,14). The second-order valence-electron chi connectivity index (χ2n) is 3.43. The fourth-order valence-corrected chi connectivity index (χ4v) is 2.41. The summed E-state index contributed by atoms with van der Waals surface area (Å²) in [6, 6.07) is 0. The molecule has 0 unspecified atom stereocenters. The number of nitrogens with zero attached hydrogens (tertiary/aromatic N) is 3. The summed E-state index contributed by atoms with van der Waals surface area (Å²) < 4.78 is 22.3. The Balaban J connectivity index is 2.37. The lowest BCUT2D eigenvalue weighted by atomic mass is 10.3. The molecule has 2 heterocycles. The summed E-state index contributed by atoms with van der Waals surface area (Å²) in [4.78, 5) is 22.3. The van der Waals surface area contributed by atoms with Crippen LogP contribution >= 0.6 is 11.3 Å². The highest BCUT2D eigenvalue weighted by molar-refractivity contribution is 7.90. The molecule has 0 aromatic carbocycles. The number of carbonyl (C=O) groups is 1. The highest BCUT2D eigenvalue weighted by Crippen LogP contribution is 2.22. The third-order valence-corrected chi connectivity index (χ3v) is 3.73. The zero-order valence-corrected chi connectivity index (χ0v) is 10.8. The van der Waals surface area contributed by atoms with Crippen molar-refractivity contribution in [2.45, 2.75) is 5.16 Å². The van der Waals surface area contributed by atoms with Crippen molar-refractivity contribution in [3.05, 3.63) is 23.5 Å². The van der Waals surface area contributed by atoms with E-state index in [4.69, 9.17) is 5.73 Å². The van der Waals surface area contributed by atoms with Crippen LogP contribution < -0.4 is 5.73 Å². The van der Waals surface area contributed by atoms with Crippen LogP contribution in [0.4, 0.5) is 0 Å². The third-order valence-electron chi connectivity index (χ3n) is 1.96. The summed E-state index contributed by atoms with van der Waals surface area (Å²) in [6.45, 7) is 0. The van der Waals surface area contributed by atoms with Crippen molar-refractivity contribution >= 4 is 27.1 Å². The van der Waals surface area contributed by atoms with Gasteiger partial charge in [0, 0.05) is 29.6 Å². The number of thiazole rings is 1. The Morgan fingerprint density at radius 1 is 1.33 bits per heavy atom. The predicted molar refractivity (Wildman–Crippen MR) is 64.8 cm³/mol. The maximum absolute atomic E-state index is 11.2. The molecule has 0 atom stereocenters. The summed E-state index contributed by atoms with van der Waals surface area (Å²) in [6.07, 6.45) is 3.70. The number of nitrogens with two attached hydrogens (primary N) is 1. The zero-order valence-electron chi connectivity index (χ0n) is 9.19. The Kier molecular flexibility index (Phi) is 3.09. The van der Waals surface area contributed by atoms with Crippen LogP contribution in [0.15, 0.2) is 22.9 Å². The van der Waals surface area contributed by atoms with Crippen molar-refractivity contribution in [3.8, 4) is 10.6 Å². The lowest BCUT2D eigenvalue weighted by molar-refractivity contribution is 0.0996. The largest absolute Gasteiger partial charge is 0.364 e. The first kappa shape index (κ1) is 12.6. The van der Waals surface area contributed by atoms with Crippen molar-refractivity contribution in [2.75, 3.05) is 6.26 Å². The molecule has 0 saturated heterocycles. The molecule has 0 saturated carbocycles. The zero-order chi connectivity index (χ0) is 13.3. The SMILES string of the molecule is CS(=O)(=O)c1ncc(-c2nc(C(N)=O)cs2)cn1. The summed E-state index contributed by atoms with van der Waals surface area (Å²) in [5.74, 6) is -0.619. The molecule has 0 spiro atoms. The molecule has 2 aromatic heterocycles. The maximum atomic E-state index is 11.2. The van der Waals surface area contributed by atoms with Gasteiger partial charge in [0.2, 0.25) is 15.0 Å². The fraction of sp³-hybridized carbons (Fsp3) is 0.111. The monoisotopic (exact) mass is 284 g/mol. The van der Waals surface area contributed by atoms with Crippen LogP contribution in [0.2, 0.25) is 0 Å². The molecular weight excluding hydrogens is 276 g/mol. The van der Waals surface area contributed by atoms with E-state index in [1.54, 1.807) is 0 Å². The normalized spacial score (nSPS) is 11.4. The first-order valence-corrected chi connectivity index (χ1v) is 7.43. The predicted octanol–water partition coefficient (Wildman–Crippen LogP) is 0.103. The summed E-state index contributed by atoms with van der Waals surface area (Å²) in [5.41, 5.74) is 5.76. The number of rotatable bonds is 3. The molecule has 9 heteroatoms. The van der Waals surface area contributed by atoms with E-state index < -0.39 is 15.7 Å². The van der Waals surface area contributed by atoms with E-state index in [9.17, 15) is 13.2 Å². The van der Waals surface area contributed by atoms with Gasteiger partial charge in [0.1, 0.15) is 10.7 Å². The Labute approximate surface area is 107 Å². The number of sulfone groups is 1. The van der Waals surface area contributed by atoms with Gasteiger partial charge in [-0.3, -0.25) is 4.79 Å². The topological polar surface area (TPSA) is 116 Å². The molecule has 7 nitrogen and oxygen atoms in total. The molecule has 0 aliphatic carbocycles. The summed E-state index contributed by atoms with van der Waals surface area (Å²) >= 11 is 1.20. The van der Waals surface area contributed by atoms with Gasteiger partial charge in [-0.15, -0.1) is 11.3 Å². The minimum Gasteiger partial charge on any atom is -0.364 e. The van der Waals surface area contributed by atoms with Crippen molar-refractivity contribution < 1.29 is 13.2 Å². The minimum atomic E-state index is -3.42. The quantitative estimate of drug-likeness (QED) is 0.799. The highest BCUT2D eigenvalue weighted by atomic mass is 32.2. The van der Waals surface area contributed by atoms with Gasteiger partial charge >= 0.3 is 0 Å². The first-order valence-electron chi connectivity index (χ1n) is 4.66. The van der Waals surface area contributed by atoms with Gasteiger partial charge < -0.3 is 5.73 Å². The van der Waals surface area contributed by atoms with Gasteiger partial charge in [-0.1, -0.05) is 0 Å². The van der Waals surface area contributed by atoms with Crippen LogP contribution in [-0.4, -0.2) is 35.5 Å². The van der Waals surface area contributed by atoms with E-state index in [0.29, 0.717) is 10.6 Å². The average molecular weight is 284 g/mol. The number of amides is 1. The second kappa shape index (κ2) is 4.42. The van der Waals surface area contributed by atoms with Crippen molar-refractivity contribution in [3.63, 3.8) is 0 Å². The molecule has 0 bridgehead atoms. The van der Waals surface area contributed by atoms with Gasteiger partial charge in [0.15, 0.2) is 0 Å². The smallest absolute Gasteiger partial charge is 0.268 e. The van der Waals surface area contributed by atoms with Crippen LogP contribution in [0.1, 0.15) is 10.5 Å². The van der Waals surface area contributed by atoms with Crippen LogP contribution in [0.3, 0.4) is 0 Å². The van der Waals surface area contributed by atoms with Gasteiger partial charge in [0.25, 0.3) is 5.91 Å². The Hall–Kier alpha value is -1.87. The van der Waals surface area contributed by atoms with Crippen molar-refractivity contribution in [1.82, 2.24) is 15.0 Å². The molecule has 2 rings (SSSR count). The molecule has 0 aliphatic heterocycles. The molecule has 1 amide bonds. The van der Waals surface area contributed by atoms with Crippen molar-refractivity contribution in [1.29, 1.82) is 0 Å². The lowest BCUT2D eigenvalue weighted by Gasteiger charge is -1.97. The molecular formula is C9H8N4O3S2. The van der Waals surface area contributed by atoms with E-state index >= 15 is 0 Å². The fourth-order valence-electron chi connectivity index (χ4n) is 1.14. The minimum absolute atomic E-state index is 0.155. The Bertz CT molecular complexity index is 691. The molecule has 2 N–H and O–H groups in total. The van der Waals surface area contributed by atoms with E-state index in [1.165, 1.54) is 29.1 Å². The van der Waals surface area contributed by atoms with E-state index in [1.807, 2.05) is 0 Å². The number of hydrogen-bond donors (Lipinski definition) is 1. The molecule has 18 heavy (non-hydrogen) atoms. The molecule has 0 radical (unpaired) electrons. The summed E-state index contributed by atoms with van der Waals surface area (Å²) in [5, 5.41) is 1.77. The van der Waals surface area contributed by atoms with Crippen LogP contribution in [0.25, 0.3) is 10.6 Å². The second-order valence-corrected chi connectivity index (χ2v) is 6.20. The van der Waals surface area contributed by atoms with Gasteiger partial charge in [0.05, 0.1) is 0 Å². The highest BCUT2D eigenvalue weighted by Gasteiger charge is 2.13. The summed E-state index contributed by atoms with van der Waals surface area (Å²) in [7, 11) is -3.42. The maximum Gasteiger partial charge on any atom is 0.268 e. The Morgan fingerprint density at radius 3 is 2.39 bits per heavy atom. The van der Waals surface area contributed by atoms with Gasteiger partial charge in [-0.05, 0) is 0 Å². The molecule has 0 aliphatic rings. The average Bonchev–Trinajstić information content (AvgIpc) is 2.77. The number of primary amides is 1. The first-order chi connectivity index (χ1) is 8.38. The van der Waals surface area contributed by atoms with E-state index in [2.05, 4.69) is 15.0 Å². The van der Waals surface area contributed by atoms with Crippen LogP contribution in [-0.2, 0) is 9.84 Å². The number of carbonyl (C=O) groups excluding carboxylic acids is 1. The molecule has 94 valence electrons. The number of hydrogen-bond acceptors (Lipinski definition) is 7. The molecule has 2 aromatic rings. The van der Waals surface area contributed by atoms with Crippen LogP contribution in [0.5, 0.6) is 0 Å². The van der Waals surface area contributed by atoms with Gasteiger partial charge in [-0.2, -0.15) is 0 Å². The number of aromatic nitrogens is 3.